The highest BCUT2D eigenvalue weighted by molar-refractivity contribution is 7.71. The molecular formula is C18H30N4O6PS+. The molecule has 2 aromatic rings. The number of nitrogens with zero attached hydrogens (tertiary/aromatic N) is 3. The van der Waals surface area contributed by atoms with Gasteiger partial charge in [0.15, 0.2) is 17.3 Å². The summed E-state index contributed by atoms with van der Waals surface area (Å²) >= 11 is 5.28. The summed E-state index contributed by atoms with van der Waals surface area (Å²) in [5.41, 5.74) is -0.300. The minimum atomic E-state index is -3.83. The SMILES string of the molecule is CCC(C)(CC1OC([n+]2cn(C)c3c(=S)nc[nH]c32)C(O)C1O)OP(=O)(O)C(C)C. The second-order valence-corrected chi connectivity index (χ2v) is 11.1. The smallest absolute Gasteiger partial charge is 0.331 e. The highest BCUT2D eigenvalue weighted by Crippen LogP contribution is 2.52. The molecule has 2 aromatic heterocycles. The molecule has 10 nitrogen and oxygen atoms in total. The van der Waals surface area contributed by atoms with E-state index < -0.39 is 43.4 Å². The van der Waals surface area contributed by atoms with Gasteiger partial charge in [-0.3, -0.25) is 14.1 Å². The molecule has 12 heteroatoms. The average Bonchev–Trinajstić information content (AvgIpc) is 3.13. The van der Waals surface area contributed by atoms with Crippen molar-refractivity contribution in [2.24, 2.45) is 7.05 Å². The highest BCUT2D eigenvalue weighted by atomic mass is 32.1. The quantitative estimate of drug-likeness (QED) is 0.278. The van der Waals surface area contributed by atoms with Crippen molar-refractivity contribution in [2.45, 2.75) is 76.3 Å². The Kier molecular flexibility index (Phi) is 6.56. The number of aryl methyl sites for hydroxylation is 1. The summed E-state index contributed by atoms with van der Waals surface area (Å²) in [6.45, 7) is 6.78. The Balaban J connectivity index is 1.88. The van der Waals surface area contributed by atoms with Crippen molar-refractivity contribution in [1.82, 2.24) is 14.5 Å². The first-order valence-electron chi connectivity index (χ1n) is 9.89. The summed E-state index contributed by atoms with van der Waals surface area (Å²) in [5.74, 6) is 0. The number of H-pyrrole nitrogens is 1. The lowest BCUT2D eigenvalue weighted by molar-refractivity contribution is -0.746. The Morgan fingerprint density at radius 1 is 1.47 bits per heavy atom. The molecule has 0 radical (unpaired) electrons. The predicted octanol–water partition coefficient (Wildman–Crippen LogP) is 1.71. The van der Waals surface area contributed by atoms with Crippen LogP contribution in [0.2, 0.25) is 0 Å². The molecule has 1 fully saturated rings. The van der Waals surface area contributed by atoms with E-state index in [0.717, 1.165) is 0 Å². The molecule has 3 rings (SSSR count). The first-order chi connectivity index (χ1) is 13.9. The van der Waals surface area contributed by atoms with Gasteiger partial charge in [-0.2, -0.15) is 0 Å². The van der Waals surface area contributed by atoms with Gasteiger partial charge in [-0.05, 0) is 13.3 Å². The van der Waals surface area contributed by atoms with E-state index in [1.807, 2.05) is 6.92 Å². The van der Waals surface area contributed by atoms with Gasteiger partial charge in [-0.1, -0.05) is 33.0 Å². The van der Waals surface area contributed by atoms with Crippen molar-refractivity contribution in [1.29, 1.82) is 0 Å². The Morgan fingerprint density at radius 3 is 2.73 bits per heavy atom. The minimum Gasteiger partial charge on any atom is -0.387 e. The molecule has 3 heterocycles. The normalized spacial score (nSPS) is 28.7. The van der Waals surface area contributed by atoms with Crippen molar-refractivity contribution in [2.75, 3.05) is 0 Å². The van der Waals surface area contributed by atoms with Crippen LogP contribution in [-0.4, -0.2) is 59.2 Å². The fraction of sp³-hybridized carbons (Fsp3) is 0.722. The maximum atomic E-state index is 12.4. The second-order valence-electron chi connectivity index (χ2n) is 8.34. The topological polar surface area (TPSA) is 134 Å². The molecule has 6 unspecified atom stereocenters. The number of ether oxygens (including phenoxy) is 1. The van der Waals surface area contributed by atoms with E-state index in [1.165, 1.54) is 6.33 Å². The molecule has 0 aliphatic carbocycles. The zero-order valence-corrected chi connectivity index (χ0v) is 19.4. The van der Waals surface area contributed by atoms with Gasteiger partial charge >= 0.3 is 7.60 Å². The molecule has 1 aliphatic rings. The highest BCUT2D eigenvalue weighted by Gasteiger charge is 2.49. The van der Waals surface area contributed by atoms with Crippen molar-refractivity contribution >= 4 is 31.0 Å². The Hall–Kier alpha value is -1.20. The van der Waals surface area contributed by atoms with E-state index in [9.17, 15) is 19.7 Å². The van der Waals surface area contributed by atoms with Gasteiger partial charge in [0, 0.05) is 6.42 Å². The van der Waals surface area contributed by atoms with Crippen LogP contribution in [0.15, 0.2) is 12.7 Å². The molecule has 168 valence electrons. The lowest BCUT2D eigenvalue weighted by atomic mass is 9.93. The van der Waals surface area contributed by atoms with Crippen molar-refractivity contribution in [3.63, 3.8) is 0 Å². The van der Waals surface area contributed by atoms with Crippen LogP contribution in [0.5, 0.6) is 0 Å². The molecule has 1 aliphatic heterocycles. The summed E-state index contributed by atoms with van der Waals surface area (Å²) in [5, 5.41) is 21.4. The van der Waals surface area contributed by atoms with Gasteiger partial charge in [0.2, 0.25) is 11.7 Å². The van der Waals surface area contributed by atoms with Crippen LogP contribution >= 0.6 is 19.8 Å². The number of aromatic amines is 1. The number of aliphatic hydroxyl groups excluding tert-OH is 2. The number of fused-ring (bicyclic) bond motifs is 1. The number of nitrogens with one attached hydrogen (secondary N) is 1. The van der Waals surface area contributed by atoms with Crippen LogP contribution < -0.4 is 4.57 Å². The molecule has 4 N–H and O–H groups in total. The second kappa shape index (κ2) is 8.38. The lowest BCUT2D eigenvalue weighted by Crippen LogP contribution is -2.46. The Bertz CT molecular complexity index is 1030. The van der Waals surface area contributed by atoms with E-state index in [0.29, 0.717) is 22.2 Å². The van der Waals surface area contributed by atoms with Gasteiger partial charge < -0.3 is 24.4 Å². The van der Waals surface area contributed by atoms with Crippen LogP contribution in [0.25, 0.3) is 11.2 Å². The van der Waals surface area contributed by atoms with Crippen molar-refractivity contribution in [3.8, 4) is 0 Å². The molecule has 1 saturated heterocycles. The zero-order valence-electron chi connectivity index (χ0n) is 17.7. The van der Waals surface area contributed by atoms with E-state index in [1.54, 1.807) is 43.3 Å². The van der Waals surface area contributed by atoms with Crippen LogP contribution in [0.4, 0.5) is 0 Å². The third kappa shape index (κ3) is 4.25. The van der Waals surface area contributed by atoms with Crippen LogP contribution in [-0.2, 0) is 20.9 Å². The number of imidazole rings is 1. The molecule has 0 spiro atoms. The van der Waals surface area contributed by atoms with Crippen molar-refractivity contribution < 1.29 is 33.5 Å². The fourth-order valence-corrected chi connectivity index (χ4v) is 4.95. The van der Waals surface area contributed by atoms with Gasteiger partial charge in [-0.15, -0.1) is 0 Å². The maximum Gasteiger partial charge on any atom is 0.331 e. The third-order valence-electron chi connectivity index (χ3n) is 5.71. The number of hydrogen-bond acceptors (Lipinski definition) is 7. The van der Waals surface area contributed by atoms with E-state index >= 15 is 0 Å². The van der Waals surface area contributed by atoms with Crippen LogP contribution in [0, 0.1) is 4.64 Å². The predicted molar refractivity (Wildman–Crippen MR) is 111 cm³/mol. The standard InChI is InChI=1S/C18H29N4O6PS/c1-6-18(4,28-29(25,26)10(2)3)7-11-13(23)14(24)17(27-11)22-9-21(5)12-15(22)19-8-20-16(12)30/h8-11,13-14,17,23-24H,6-7H2,1-5H3,(H-,19,20,25,26,30)/p+1. The molecule has 0 amide bonds. The first-order valence-corrected chi connectivity index (χ1v) is 11.9. The van der Waals surface area contributed by atoms with Gasteiger partial charge in [0.25, 0.3) is 5.65 Å². The first kappa shape index (κ1) is 23.5. The van der Waals surface area contributed by atoms with Gasteiger partial charge in [0.05, 0.1) is 24.4 Å². The average molecular weight is 462 g/mol. The maximum absolute atomic E-state index is 12.4. The third-order valence-corrected chi connectivity index (χ3v) is 8.02. The molecule has 6 atom stereocenters. The summed E-state index contributed by atoms with van der Waals surface area (Å²) < 4.78 is 27.9. The van der Waals surface area contributed by atoms with E-state index in [4.69, 9.17) is 21.5 Å². The minimum absolute atomic E-state index is 0.137. The fourth-order valence-electron chi connectivity index (χ4n) is 3.61. The van der Waals surface area contributed by atoms with Gasteiger partial charge in [0.1, 0.15) is 12.2 Å². The Labute approximate surface area is 180 Å². The molecule has 30 heavy (non-hydrogen) atoms. The number of aliphatic hydroxyl groups is 2. The van der Waals surface area contributed by atoms with E-state index in [-0.39, 0.29) is 6.42 Å². The monoisotopic (exact) mass is 461 g/mol. The molecule has 0 bridgehead atoms. The number of rotatable bonds is 7. The Morgan fingerprint density at radius 2 is 2.13 bits per heavy atom. The number of hydrogen-bond donors (Lipinski definition) is 4. The summed E-state index contributed by atoms with van der Waals surface area (Å²) in [6, 6.07) is 0. The molecular weight excluding hydrogens is 431 g/mol. The summed E-state index contributed by atoms with van der Waals surface area (Å²) in [6.07, 6.45) is -0.359. The molecule has 0 saturated carbocycles. The van der Waals surface area contributed by atoms with E-state index in [2.05, 4.69) is 9.97 Å². The number of aromatic nitrogens is 4. The zero-order chi connectivity index (χ0) is 22.4. The summed E-state index contributed by atoms with van der Waals surface area (Å²) in [7, 11) is -2.04. The van der Waals surface area contributed by atoms with Gasteiger partial charge in [-0.25, -0.2) is 9.55 Å². The van der Waals surface area contributed by atoms with Crippen LogP contribution in [0.3, 0.4) is 0 Å². The van der Waals surface area contributed by atoms with Crippen LogP contribution in [0.1, 0.15) is 46.8 Å². The lowest BCUT2D eigenvalue weighted by Gasteiger charge is -2.34. The summed E-state index contributed by atoms with van der Waals surface area (Å²) in [4.78, 5) is 17.3. The molecule has 0 aromatic carbocycles. The largest absolute Gasteiger partial charge is 0.387 e. The van der Waals surface area contributed by atoms with Crippen molar-refractivity contribution in [3.05, 3.63) is 17.3 Å².